The first kappa shape index (κ1) is 15.0. The van der Waals surface area contributed by atoms with Crippen LogP contribution < -0.4 is 0 Å². The van der Waals surface area contributed by atoms with E-state index >= 15 is 0 Å². The van der Waals surface area contributed by atoms with E-state index in [-0.39, 0.29) is 0 Å². The summed E-state index contributed by atoms with van der Waals surface area (Å²) in [7, 11) is 0. The largest absolute Gasteiger partial charge is 0.231 e. The molecule has 0 atom stereocenters. The maximum atomic E-state index is 4.19. The third kappa shape index (κ3) is 8.61. The van der Waals surface area contributed by atoms with E-state index in [1.807, 2.05) is 6.07 Å². The summed E-state index contributed by atoms with van der Waals surface area (Å²) in [5, 5.41) is 2.06. The van der Waals surface area contributed by atoms with Gasteiger partial charge in [-0.05, 0) is 18.9 Å². The average molecular weight is 317 g/mol. The van der Waals surface area contributed by atoms with Crippen molar-refractivity contribution < 1.29 is 0 Å². The number of thioether (sulfide) groups is 1. The molecule has 0 amide bonds. The Morgan fingerprint density at radius 2 is 1.47 bits per heavy atom. The van der Waals surface area contributed by atoms with Gasteiger partial charge in [0.05, 0.1) is 0 Å². The van der Waals surface area contributed by atoms with Crippen LogP contribution in [0.15, 0.2) is 23.6 Å². The van der Waals surface area contributed by atoms with Crippen LogP contribution in [-0.2, 0) is 0 Å². The molecular formula is C13H21BrN2S. The number of unbranched alkanes of at least 4 members (excludes halogenated alkanes) is 6. The summed E-state index contributed by atoms with van der Waals surface area (Å²) in [4.78, 5) is 8.39. The maximum Gasteiger partial charge on any atom is 0.187 e. The van der Waals surface area contributed by atoms with E-state index in [9.17, 15) is 0 Å². The summed E-state index contributed by atoms with van der Waals surface area (Å²) >= 11 is 5.22. The Balaban J connectivity index is 1.85. The summed E-state index contributed by atoms with van der Waals surface area (Å²) in [6.07, 6.45) is 13.1. The van der Waals surface area contributed by atoms with Crippen LogP contribution in [-0.4, -0.2) is 21.1 Å². The Kier molecular flexibility index (Phi) is 9.71. The predicted octanol–water partition coefficient (Wildman–Crippen LogP) is 4.69. The Hall–Kier alpha value is -0.0900. The lowest BCUT2D eigenvalue weighted by molar-refractivity contribution is 0.606. The van der Waals surface area contributed by atoms with Gasteiger partial charge in [0, 0.05) is 23.5 Å². The monoisotopic (exact) mass is 316 g/mol. The highest BCUT2D eigenvalue weighted by Gasteiger charge is 1.96. The molecule has 0 radical (unpaired) electrons. The average Bonchev–Trinajstić information content (AvgIpc) is 2.38. The van der Waals surface area contributed by atoms with Gasteiger partial charge in [-0.25, -0.2) is 9.97 Å². The molecule has 0 bridgehead atoms. The molecule has 17 heavy (non-hydrogen) atoms. The molecule has 2 nitrogen and oxygen atoms in total. The first-order valence-corrected chi connectivity index (χ1v) is 8.50. The van der Waals surface area contributed by atoms with E-state index in [2.05, 4.69) is 25.9 Å². The standard InChI is InChI=1S/C13H21BrN2S/c14-9-6-4-2-1-3-5-7-12-17-13-15-10-8-11-16-13/h8,10-11H,1-7,9,12H2. The van der Waals surface area contributed by atoms with Crippen LogP contribution in [0.25, 0.3) is 0 Å². The molecule has 0 aromatic carbocycles. The van der Waals surface area contributed by atoms with Crippen molar-refractivity contribution in [3.63, 3.8) is 0 Å². The predicted molar refractivity (Wildman–Crippen MR) is 78.9 cm³/mol. The van der Waals surface area contributed by atoms with Crippen molar-refractivity contribution in [2.75, 3.05) is 11.1 Å². The second-order valence-electron chi connectivity index (χ2n) is 4.04. The van der Waals surface area contributed by atoms with Gasteiger partial charge in [-0.3, -0.25) is 0 Å². The van der Waals surface area contributed by atoms with Crippen molar-refractivity contribution >= 4 is 27.7 Å². The van der Waals surface area contributed by atoms with Gasteiger partial charge < -0.3 is 0 Å². The fourth-order valence-corrected chi connectivity index (χ4v) is 2.80. The molecule has 0 aliphatic heterocycles. The molecule has 1 heterocycles. The molecule has 4 heteroatoms. The fraction of sp³-hybridized carbons (Fsp3) is 0.692. The van der Waals surface area contributed by atoms with E-state index in [1.54, 1.807) is 24.2 Å². The highest BCUT2D eigenvalue weighted by molar-refractivity contribution is 9.09. The molecular weight excluding hydrogens is 296 g/mol. The highest BCUT2D eigenvalue weighted by Crippen LogP contribution is 2.15. The van der Waals surface area contributed by atoms with Gasteiger partial charge in [-0.15, -0.1) is 0 Å². The van der Waals surface area contributed by atoms with Crippen LogP contribution in [0.3, 0.4) is 0 Å². The van der Waals surface area contributed by atoms with E-state index in [0.717, 1.165) is 16.2 Å². The van der Waals surface area contributed by atoms with Crippen molar-refractivity contribution in [3.05, 3.63) is 18.5 Å². The van der Waals surface area contributed by atoms with Crippen molar-refractivity contribution in [1.29, 1.82) is 0 Å². The first-order valence-electron chi connectivity index (χ1n) is 6.39. The number of aromatic nitrogens is 2. The summed E-state index contributed by atoms with van der Waals surface area (Å²) in [5.41, 5.74) is 0. The van der Waals surface area contributed by atoms with Gasteiger partial charge in [0.25, 0.3) is 0 Å². The van der Waals surface area contributed by atoms with Gasteiger partial charge in [-0.2, -0.15) is 0 Å². The van der Waals surface area contributed by atoms with Crippen molar-refractivity contribution in [2.45, 2.75) is 50.1 Å². The molecule has 0 saturated carbocycles. The molecule has 1 aromatic heterocycles. The first-order chi connectivity index (χ1) is 8.43. The van der Waals surface area contributed by atoms with Crippen LogP contribution >= 0.6 is 27.7 Å². The van der Waals surface area contributed by atoms with Crippen LogP contribution in [0.1, 0.15) is 44.9 Å². The zero-order valence-electron chi connectivity index (χ0n) is 10.3. The molecule has 0 unspecified atom stereocenters. The van der Waals surface area contributed by atoms with E-state index in [0.29, 0.717) is 0 Å². The van der Waals surface area contributed by atoms with Crippen molar-refractivity contribution in [3.8, 4) is 0 Å². The SMILES string of the molecule is BrCCCCCCCCCSc1ncccn1. The quantitative estimate of drug-likeness (QED) is 0.271. The van der Waals surface area contributed by atoms with E-state index < -0.39 is 0 Å². The summed E-state index contributed by atoms with van der Waals surface area (Å²) in [6, 6.07) is 1.86. The van der Waals surface area contributed by atoms with Gasteiger partial charge >= 0.3 is 0 Å². The van der Waals surface area contributed by atoms with Gasteiger partial charge in [0.2, 0.25) is 0 Å². The molecule has 1 rings (SSSR count). The lowest BCUT2D eigenvalue weighted by Crippen LogP contribution is -1.87. The fourth-order valence-electron chi connectivity index (χ4n) is 1.60. The number of alkyl halides is 1. The third-order valence-electron chi connectivity index (χ3n) is 2.55. The molecule has 0 saturated heterocycles. The molecule has 1 aromatic rings. The van der Waals surface area contributed by atoms with Crippen LogP contribution in [0.4, 0.5) is 0 Å². The maximum absolute atomic E-state index is 4.19. The Morgan fingerprint density at radius 1 is 0.882 bits per heavy atom. The lowest BCUT2D eigenvalue weighted by atomic mass is 10.1. The zero-order chi connectivity index (χ0) is 12.2. The van der Waals surface area contributed by atoms with Crippen LogP contribution in [0.5, 0.6) is 0 Å². The molecule has 0 N–H and O–H groups in total. The number of rotatable bonds is 10. The summed E-state index contributed by atoms with van der Waals surface area (Å²) in [6.45, 7) is 0. The number of hydrogen-bond donors (Lipinski definition) is 0. The van der Waals surface area contributed by atoms with E-state index in [4.69, 9.17) is 0 Å². The van der Waals surface area contributed by atoms with Crippen LogP contribution in [0, 0.1) is 0 Å². The minimum absolute atomic E-state index is 0.907. The van der Waals surface area contributed by atoms with E-state index in [1.165, 1.54) is 44.9 Å². The number of hydrogen-bond acceptors (Lipinski definition) is 3. The Bertz CT molecular complexity index is 269. The molecule has 96 valence electrons. The zero-order valence-corrected chi connectivity index (χ0v) is 12.7. The summed E-state index contributed by atoms with van der Waals surface area (Å²) in [5.74, 6) is 1.14. The molecule has 0 aliphatic carbocycles. The Labute approximate surface area is 117 Å². The molecule has 0 fully saturated rings. The topological polar surface area (TPSA) is 25.8 Å². The van der Waals surface area contributed by atoms with Crippen LogP contribution in [0.2, 0.25) is 0 Å². The Morgan fingerprint density at radius 3 is 2.12 bits per heavy atom. The molecule has 0 aliphatic rings. The normalized spacial score (nSPS) is 10.6. The van der Waals surface area contributed by atoms with Gasteiger partial charge in [0.1, 0.15) is 0 Å². The minimum atomic E-state index is 0.907. The molecule has 0 spiro atoms. The second-order valence-corrected chi connectivity index (χ2v) is 5.90. The summed E-state index contributed by atoms with van der Waals surface area (Å²) < 4.78 is 0. The van der Waals surface area contributed by atoms with Gasteiger partial charge in [0.15, 0.2) is 5.16 Å². The van der Waals surface area contributed by atoms with Crippen molar-refractivity contribution in [1.82, 2.24) is 9.97 Å². The lowest BCUT2D eigenvalue weighted by Gasteiger charge is -2.01. The third-order valence-corrected chi connectivity index (χ3v) is 4.07. The number of nitrogens with zero attached hydrogens (tertiary/aromatic N) is 2. The second kappa shape index (κ2) is 11.0. The van der Waals surface area contributed by atoms with Gasteiger partial charge in [-0.1, -0.05) is 59.8 Å². The van der Waals surface area contributed by atoms with Crippen molar-refractivity contribution in [2.24, 2.45) is 0 Å². The number of halogens is 1. The minimum Gasteiger partial charge on any atom is -0.231 e. The highest BCUT2D eigenvalue weighted by atomic mass is 79.9. The smallest absolute Gasteiger partial charge is 0.187 e.